The molecule has 0 amide bonds. The third kappa shape index (κ3) is 2.53. The quantitative estimate of drug-likeness (QED) is 0.913. The average molecular weight is 275 g/mol. The Bertz CT molecular complexity index is 463. The van der Waals surface area contributed by atoms with Gasteiger partial charge in [0.25, 0.3) is 0 Å². The number of anilines is 1. The van der Waals surface area contributed by atoms with Crippen molar-refractivity contribution in [3.63, 3.8) is 0 Å². The van der Waals surface area contributed by atoms with E-state index in [4.69, 9.17) is 15.5 Å². The second-order valence-electron chi connectivity index (χ2n) is 6.16. The van der Waals surface area contributed by atoms with Gasteiger partial charge in [0, 0.05) is 24.3 Å². The lowest BCUT2D eigenvalue weighted by Crippen LogP contribution is -2.29. The van der Waals surface area contributed by atoms with Crippen molar-refractivity contribution < 1.29 is 4.74 Å². The molecule has 1 heterocycles. The summed E-state index contributed by atoms with van der Waals surface area (Å²) in [5, 5.41) is 0. The Balaban J connectivity index is 1.95. The van der Waals surface area contributed by atoms with Gasteiger partial charge in [-0.2, -0.15) is 0 Å². The number of hydrogen-bond acceptors (Lipinski definition) is 4. The first-order valence-corrected chi connectivity index (χ1v) is 8.02. The number of aromatic nitrogens is 2. The minimum atomic E-state index is -0.280. The molecule has 2 fully saturated rings. The first-order chi connectivity index (χ1) is 9.73. The largest absolute Gasteiger partial charge is 0.384 e. The van der Waals surface area contributed by atoms with E-state index in [1.165, 1.54) is 38.5 Å². The van der Waals surface area contributed by atoms with E-state index in [9.17, 15) is 0 Å². The molecule has 3 rings (SSSR count). The van der Waals surface area contributed by atoms with Crippen LogP contribution in [0.15, 0.2) is 6.07 Å². The second-order valence-corrected chi connectivity index (χ2v) is 6.16. The molecule has 2 saturated carbocycles. The lowest BCUT2D eigenvalue weighted by molar-refractivity contribution is -0.0457. The first kappa shape index (κ1) is 13.8. The van der Waals surface area contributed by atoms with Gasteiger partial charge < -0.3 is 10.5 Å². The molecule has 2 aliphatic rings. The van der Waals surface area contributed by atoms with E-state index in [0.717, 1.165) is 24.4 Å². The third-order valence-corrected chi connectivity index (χ3v) is 4.78. The Hall–Kier alpha value is -1.16. The van der Waals surface area contributed by atoms with Crippen LogP contribution in [0.25, 0.3) is 0 Å². The average Bonchev–Trinajstić information content (AvgIpc) is 3.10. The predicted octanol–water partition coefficient (Wildman–Crippen LogP) is 3.52. The Labute approximate surface area is 121 Å². The SMILES string of the molecule is CCOC1(c2nc(N)cc(C3CCCC3)n2)CCCC1. The van der Waals surface area contributed by atoms with Crippen LogP contribution >= 0.6 is 0 Å². The summed E-state index contributed by atoms with van der Waals surface area (Å²) in [6.45, 7) is 2.75. The highest BCUT2D eigenvalue weighted by Gasteiger charge is 2.40. The standard InChI is InChI=1S/C16H25N3O/c1-2-20-16(9-5-6-10-16)15-18-13(11-14(17)19-15)12-7-3-4-8-12/h11-12H,2-10H2,1H3,(H2,17,18,19). The van der Waals surface area contributed by atoms with Gasteiger partial charge in [-0.15, -0.1) is 0 Å². The maximum absolute atomic E-state index is 6.07. The van der Waals surface area contributed by atoms with Crippen LogP contribution in [-0.2, 0) is 10.3 Å². The fraction of sp³-hybridized carbons (Fsp3) is 0.750. The van der Waals surface area contributed by atoms with E-state index in [-0.39, 0.29) is 5.60 Å². The molecule has 110 valence electrons. The fourth-order valence-electron chi connectivity index (χ4n) is 3.78. The van der Waals surface area contributed by atoms with E-state index in [0.29, 0.717) is 18.3 Å². The van der Waals surface area contributed by atoms with Crippen LogP contribution in [0.5, 0.6) is 0 Å². The van der Waals surface area contributed by atoms with Crippen molar-refractivity contribution in [2.24, 2.45) is 0 Å². The Kier molecular flexibility index (Phi) is 3.92. The van der Waals surface area contributed by atoms with Crippen molar-refractivity contribution in [3.8, 4) is 0 Å². The fourth-order valence-corrected chi connectivity index (χ4v) is 3.78. The highest BCUT2D eigenvalue weighted by atomic mass is 16.5. The van der Waals surface area contributed by atoms with Crippen molar-refractivity contribution in [1.82, 2.24) is 9.97 Å². The van der Waals surface area contributed by atoms with Crippen LogP contribution in [0.4, 0.5) is 5.82 Å². The highest BCUT2D eigenvalue weighted by molar-refractivity contribution is 5.33. The zero-order valence-electron chi connectivity index (χ0n) is 12.4. The Morgan fingerprint density at radius 3 is 2.55 bits per heavy atom. The van der Waals surface area contributed by atoms with Gasteiger partial charge in [-0.25, -0.2) is 9.97 Å². The summed E-state index contributed by atoms with van der Waals surface area (Å²) in [5.41, 5.74) is 6.90. The molecular weight excluding hydrogens is 250 g/mol. The maximum atomic E-state index is 6.07. The molecular formula is C16H25N3O. The lowest BCUT2D eigenvalue weighted by Gasteiger charge is -2.28. The molecule has 4 nitrogen and oxygen atoms in total. The molecule has 2 aliphatic carbocycles. The van der Waals surface area contributed by atoms with Crippen LogP contribution in [-0.4, -0.2) is 16.6 Å². The van der Waals surface area contributed by atoms with Gasteiger partial charge in [0.1, 0.15) is 11.4 Å². The first-order valence-electron chi connectivity index (χ1n) is 8.02. The summed E-state index contributed by atoms with van der Waals surface area (Å²) >= 11 is 0. The number of ether oxygens (including phenoxy) is 1. The Morgan fingerprint density at radius 1 is 1.20 bits per heavy atom. The minimum absolute atomic E-state index is 0.280. The van der Waals surface area contributed by atoms with Crippen LogP contribution in [0, 0.1) is 0 Å². The van der Waals surface area contributed by atoms with E-state index in [2.05, 4.69) is 4.98 Å². The second kappa shape index (κ2) is 5.68. The van der Waals surface area contributed by atoms with E-state index in [1.54, 1.807) is 0 Å². The van der Waals surface area contributed by atoms with Gasteiger partial charge in [0.05, 0.1) is 0 Å². The molecule has 0 spiro atoms. The molecule has 0 unspecified atom stereocenters. The van der Waals surface area contributed by atoms with Crippen LogP contribution in [0.1, 0.15) is 75.7 Å². The molecule has 4 heteroatoms. The van der Waals surface area contributed by atoms with Crippen molar-refractivity contribution in [1.29, 1.82) is 0 Å². The Morgan fingerprint density at radius 2 is 1.90 bits per heavy atom. The zero-order chi connectivity index (χ0) is 14.0. The van der Waals surface area contributed by atoms with Gasteiger partial charge in [-0.05, 0) is 45.4 Å². The van der Waals surface area contributed by atoms with Crippen molar-refractivity contribution in [2.75, 3.05) is 12.3 Å². The van der Waals surface area contributed by atoms with Gasteiger partial charge in [-0.3, -0.25) is 0 Å². The van der Waals surface area contributed by atoms with Crippen molar-refractivity contribution in [2.45, 2.75) is 69.8 Å². The molecule has 0 saturated heterocycles. The van der Waals surface area contributed by atoms with Crippen molar-refractivity contribution in [3.05, 3.63) is 17.6 Å². The molecule has 0 bridgehead atoms. The van der Waals surface area contributed by atoms with E-state index < -0.39 is 0 Å². The van der Waals surface area contributed by atoms with Gasteiger partial charge >= 0.3 is 0 Å². The van der Waals surface area contributed by atoms with Crippen LogP contribution < -0.4 is 5.73 Å². The number of nitrogens with two attached hydrogens (primary N) is 1. The normalized spacial score (nSPS) is 22.4. The van der Waals surface area contributed by atoms with Crippen LogP contribution in [0.2, 0.25) is 0 Å². The molecule has 1 aromatic heterocycles. The molecule has 0 atom stereocenters. The van der Waals surface area contributed by atoms with E-state index >= 15 is 0 Å². The molecule has 20 heavy (non-hydrogen) atoms. The molecule has 0 radical (unpaired) electrons. The summed E-state index contributed by atoms with van der Waals surface area (Å²) in [6, 6.07) is 1.97. The summed E-state index contributed by atoms with van der Waals surface area (Å²) in [6.07, 6.45) is 9.51. The number of nitrogen functional groups attached to an aromatic ring is 1. The van der Waals surface area contributed by atoms with Crippen molar-refractivity contribution >= 4 is 5.82 Å². The predicted molar refractivity (Wildman–Crippen MR) is 79.4 cm³/mol. The topological polar surface area (TPSA) is 61.0 Å². The molecule has 0 aliphatic heterocycles. The minimum Gasteiger partial charge on any atom is -0.384 e. The monoisotopic (exact) mass is 275 g/mol. The highest BCUT2D eigenvalue weighted by Crippen LogP contribution is 2.42. The molecule has 2 N–H and O–H groups in total. The summed E-state index contributed by atoms with van der Waals surface area (Å²) in [5.74, 6) is 2.00. The number of rotatable bonds is 4. The number of nitrogens with zero attached hydrogens (tertiary/aromatic N) is 2. The van der Waals surface area contributed by atoms with Gasteiger partial charge in [-0.1, -0.05) is 12.8 Å². The molecule has 1 aromatic rings. The van der Waals surface area contributed by atoms with Gasteiger partial charge in [0.15, 0.2) is 5.82 Å². The van der Waals surface area contributed by atoms with Gasteiger partial charge in [0.2, 0.25) is 0 Å². The maximum Gasteiger partial charge on any atom is 0.162 e. The number of hydrogen-bond donors (Lipinski definition) is 1. The van der Waals surface area contributed by atoms with Crippen LogP contribution in [0.3, 0.4) is 0 Å². The summed E-state index contributed by atoms with van der Waals surface area (Å²) in [7, 11) is 0. The van der Waals surface area contributed by atoms with E-state index in [1.807, 2.05) is 13.0 Å². The smallest absolute Gasteiger partial charge is 0.162 e. The summed E-state index contributed by atoms with van der Waals surface area (Å²) in [4.78, 5) is 9.39. The zero-order valence-corrected chi connectivity index (χ0v) is 12.4. The summed E-state index contributed by atoms with van der Waals surface area (Å²) < 4.78 is 6.07. The lowest BCUT2D eigenvalue weighted by atomic mass is 9.99. The molecule has 0 aromatic carbocycles. The third-order valence-electron chi connectivity index (χ3n) is 4.78.